The normalized spacial score (nSPS) is 11.7. The van der Waals surface area contributed by atoms with Crippen molar-refractivity contribution in [3.63, 3.8) is 0 Å². The van der Waals surface area contributed by atoms with Crippen molar-refractivity contribution in [2.75, 3.05) is 27.4 Å². The van der Waals surface area contributed by atoms with Gasteiger partial charge in [-0.25, -0.2) is 4.79 Å². The average Bonchev–Trinajstić information content (AvgIpc) is 2.90. The summed E-state index contributed by atoms with van der Waals surface area (Å²) in [6.07, 6.45) is 9.98. The molecule has 2 rings (SSSR count). The van der Waals surface area contributed by atoms with Crippen LogP contribution in [-0.2, 0) is 4.74 Å². The molecule has 0 aromatic heterocycles. The third kappa shape index (κ3) is 9.75. The van der Waals surface area contributed by atoms with E-state index in [-0.39, 0.29) is 11.6 Å². The van der Waals surface area contributed by atoms with Crippen LogP contribution in [0, 0.1) is 0 Å². The van der Waals surface area contributed by atoms with Crippen LogP contribution in [0.1, 0.15) is 96.3 Å². The SMILES string of the molecule is CCCCCCCCCCOc1cc(O[Si](C)(C)C(C)(C)C)cc(-c2c(OC)cc(C(=O)OCC)cc2OC)c1. The fourth-order valence-electron chi connectivity index (χ4n) is 4.26. The van der Waals surface area contributed by atoms with Gasteiger partial charge in [0.25, 0.3) is 0 Å². The van der Waals surface area contributed by atoms with Gasteiger partial charge in [-0.15, -0.1) is 0 Å². The largest absolute Gasteiger partial charge is 0.543 e. The lowest BCUT2D eigenvalue weighted by Gasteiger charge is -2.36. The molecule has 0 fully saturated rings. The van der Waals surface area contributed by atoms with Crippen LogP contribution in [0.2, 0.25) is 18.1 Å². The summed E-state index contributed by atoms with van der Waals surface area (Å²) in [6, 6.07) is 9.37. The second-order valence-corrected chi connectivity index (χ2v) is 16.6. The van der Waals surface area contributed by atoms with Crippen molar-refractivity contribution >= 4 is 14.3 Å². The molecule has 0 aliphatic heterocycles. The molecule has 0 N–H and O–H groups in total. The zero-order valence-corrected chi connectivity index (χ0v) is 27.4. The van der Waals surface area contributed by atoms with Gasteiger partial charge in [0, 0.05) is 6.07 Å². The lowest BCUT2D eigenvalue weighted by atomic mass is 10.00. The molecule has 224 valence electrons. The summed E-state index contributed by atoms with van der Waals surface area (Å²) in [7, 11) is 1.06. The molecular weight excluding hydrogens is 520 g/mol. The van der Waals surface area contributed by atoms with Crippen LogP contribution < -0.4 is 18.6 Å². The molecule has 0 saturated heterocycles. The van der Waals surface area contributed by atoms with Gasteiger partial charge in [-0.1, -0.05) is 72.6 Å². The Morgan fingerprint density at radius 2 is 1.32 bits per heavy atom. The smallest absolute Gasteiger partial charge is 0.338 e. The maximum atomic E-state index is 12.5. The third-order valence-electron chi connectivity index (χ3n) is 7.63. The monoisotopic (exact) mass is 572 g/mol. The van der Waals surface area contributed by atoms with Gasteiger partial charge < -0.3 is 23.4 Å². The first-order valence-corrected chi connectivity index (χ1v) is 17.8. The molecular formula is C33H52O6Si. The highest BCUT2D eigenvalue weighted by Gasteiger charge is 2.39. The minimum Gasteiger partial charge on any atom is -0.543 e. The Morgan fingerprint density at radius 1 is 0.775 bits per heavy atom. The van der Waals surface area contributed by atoms with E-state index in [9.17, 15) is 4.79 Å². The lowest BCUT2D eigenvalue weighted by Crippen LogP contribution is -2.43. The molecule has 7 heteroatoms. The van der Waals surface area contributed by atoms with E-state index < -0.39 is 14.3 Å². The molecule has 2 aromatic rings. The van der Waals surface area contributed by atoms with E-state index in [0.29, 0.717) is 23.7 Å². The second-order valence-electron chi connectivity index (χ2n) is 11.9. The summed E-state index contributed by atoms with van der Waals surface area (Å²) in [4.78, 5) is 12.5. The van der Waals surface area contributed by atoms with Crippen molar-refractivity contribution < 1.29 is 28.2 Å². The van der Waals surface area contributed by atoms with Crippen molar-refractivity contribution in [1.82, 2.24) is 0 Å². The molecule has 0 aliphatic rings. The molecule has 0 amide bonds. The fourth-order valence-corrected chi connectivity index (χ4v) is 5.27. The first-order chi connectivity index (χ1) is 19.0. The second kappa shape index (κ2) is 15.9. The highest BCUT2D eigenvalue weighted by atomic mass is 28.4. The Labute approximate surface area is 243 Å². The van der Waals surface area contributed by atoms with E-state index in [1.807, 2.05) is 18.2 Å². The molecule has 0 spiro atoms. The maximum absolute atomic E-state index is 12.5. The maximum Gasteiger partial charge on any atom is 0.338 e. The number of rotatable bonds is 17. The number of carbonyl (C=O) groups is 1. The zero-order chi connectivity index (χ0) is 29.8. The Bertz CT molecular complexity index is 1050. The van der Waals surface area contributed by atoms with E-state index >= 15 is 0 Å². The fraction of sp³-hybridized carbons (Fsp3) is 0.606. The Kier molecular flexibility index (Phi) is 13.4. The number of hydrogen-bond acceptors (Lipinski definition) is 6. The summed E-state index contributed by atoms with van der Waals surface area (Å²) >= 11 is 0. The summed E-state index contributed by atoms with van der Waals surface area (Å²) in [5, 5.41) is 0.0395. The van der Waals surface area contributed by atoms with Crippen molar-refractivity contribution in [2.45, 2.75) is 104 Å². The quantitative estimate of drug-likeness (QED) is 0.107. The molecule has 0 radical (unpaired) electrons. The van der Waals surface area contributed by atoms with Gasteiger partial charge in [-0.05, 0) is 61.3 Å². The lowest BCUT2D eigenvalue weighted by molar-refractivity contribution is 0.0525. The van der Waals surface area contributed by atoms with E-state index in [2.05, 4.69) is 40.8 Å². The van der Waals surface area contributed by atoms with Crippen LogP contribution >= 0.6 is 0 Å². The molecule has 0 unspecified atom stereocenters. The summed E-state index contributed by atoms with van der Waals surface area (Å²) in [5.74, 6) is 2.11. The third-order valence-corrected chi connectivity index (χ3v) is 12.0. The Morgan fingerprint density at radius 3 is 1.85 bits per heavy atom. The van der Waals surface area contributed by atoms with Crippen molar-refractivity contribution in [2.24, 2.45) is 0 Å². The van der Waals surface area contributed by atoms with E-state index in [4.69, 9.17) is 23.4 Å². The minimum absolute atomic E-state index is 0.0395. The van der Waals surface area contributed by atoms with Crippen molar-refractivity contribution in [3.05, 3.63) is 35.9 Å². The van der Waals surface area contributed by atoms with E-state index in [1.165, 1.54) is 38.5 Å². The number of hydrogen-bond donors (Lipinski definition) is 0. The van der Waals surface area contributed by atoms with Gasteiger partial charge in [-0.2, -0.15) is 0 Å². The first kappa shape index (κ1) is 33.5. The number of methoxy groups -OCH3 is 2. The van der Waals surface area contributed by atoms with E-state index in [0.717, 1.165) is 35.5 Å². The van der Waals surface area contributed by atoms with Gasteiger partial charge in [-0.3, -0.25) is 0 Å². The summed E-state index contributed by atoms with van der Waals surface area (Å²) in [6.45, 7) is 16.1. The first-order valence-electron chi connectivity index (χ1n) is 14.9. The number of carbonyl (C=O) groups excluding carboxylic acids is 1. The standard InChI is InChI=1S/C33H52O6Si/c1-10-12-13-14-15-16-17-18-19-38-27-20-25(21-28(24-27)39-40(8,9)33(3,4)5)31-29(35-6)22-26(23-30(31)36-7)32(34)37-11-2/h20-24H,10-19H2,1-9H3. The molecule has 0 aliphatic carbocycles. The van der Waals surface area contributed by atoms with Crippen molar-refractivity contribution in [3.8, 4) is 34.1 Å². The highest BCUT2D eigenvalue weighted by molar-refractivity contribution is 6.74. The molecule has 0 bridgehead atoms. The molecule has 40 heavy (non-hydrogen) atoms. The van der Waals surface area contributed by atoms with Crippen molar-refractivity contribution in [1.29, 1.82) is 0 Å². The Hall–Kier alpha value is -2.67. The number of ether oxygens (including phenoxy) is 4. The zero-order valence-electron chi connectivity index (χ0n) is 26.4. The Balaban J connectivity index is 2.38. The molecule has 0 saturated carbocycles. The van der Waals surface area contributed by atoms with Crippen LogP contribution in [-0.4, -0.2) is 41.7 Å². The van der Waals surface area contributed by atoms with Gasteiger partial charge in [0.2, 0.25) is 8.32 Å². The predicted octanol–water partition coefficient (Wildman–Crippen LogP) is 9.45. The summed E-state index contributed by atoms with van der Waals surface area (Å²) in [5.41, 5.74) is 1.95. The van der Waals surface area contributed by atoms with Gasteiger partial charge in [0.1, 0.15) is 23.0 Å². The average molecular weight is 573 g/mol. The molecule has 0 atom stereocenters. The van der Waals surface area contributed by atoms with Crippen LogP contribution in [0.3, 0.4) is 0 Å². The molecule has 6 nitrogen and oxygen atoms in total. The minimum atomic E-state index is -2.11. The van der Waals surface area contributed by atoms with Gasteiger partial charge in [0.05, 0.1) is 38.6 Å². The van der Waals surface area contributed by atoms with Gasteiger partial charge >= 0.3 is 5.97 Å². The topological polar surface area (TPSA) is 63.2 Å². The summed E-state index contributed by atoms with van der Waals surface area (Å²) < 4.78 is 29.7. The predicted molar refractivity (Wildman–Crippen MR) is 167 cm³/mol. The number of esters is 1. The van der Waals surface area contributed by atoms with Crippen LogP contribution in [0.5, 0.6) is 23.0 Å². The van der Waals surface area contributed by atoms with Crippen LogP contribution in [0.25, 0.3) is 11.1 Å². The van der Waals surface area contributed by atoms with E-state index in [1.54, 1.807) is 33.3 Å². The molecule has 0 heterocycles. The number of unbranched alkanes of at least 4 members (excludes halogenated alkanes) is 7. The van der Waals surface area contributed by atoms with Crippen LogP contribution in [0.4, 0.5) is 0 Å². The molecule has 2 aromatic carbocycles. The number of benzene rings is 2. The highest BCUT2D eigenvalue weighted by Crippen LogP contribution is 2.44. The van der Waals surface area contributed by atoms with Gasteiger partial charge in [0.15, 0.2) is 0 Å². The van der Waals surface area contributed by atoms with Crippen LogP contribution in [0.15, 0.2) is 30.3 Å².